The molecule has 2 unspecified atom stereocenters. The maximum absolute atomic E-state index is 14.6. The smallest absolute Gasteiger partial charge is 0.342 e. The van der Waals surface area contributed by atoms with Gasteiger partial charge in [-0.3, -0.25) is 9.59 Å². The summed E-state index contributed by atoms with van der Waals surface area (Å²) >= 11 is 0. The van der Waals surface area contributed by atoms with Crippen molar-refractivity contribution in [1.82, 2.24) is 0 Å². The van der Waals surface area contributed by atoms with E-state index in [-0.39, 0.29) is 37.0 Å². The van der Waals surface area contributed by atoms with Gasteiger partial charge in [0.1, 0.15) is 11.9 Å². The van der Waals surface area contributed by atoms with Crippen LogP contribution in [0.4, 0.5) is 0 Å². The van der Waals surface area contributed by atoms with Gasteiger partial charge in [0, 0.05) is 17.4 Å². The van der Waals surface area contributed by atoms with Crippen LogP contribution in [-0.4, -0.2) is 73.6 Å². The monoisotopic (exact) mass is 526 g/mol. The fourth-order valence-corrected chi connectivity index (χ4v) is 9.23. The predicted octanol–water partition coefficient (Wildman–Crippen LogP) is 0.430. The van der Waals surface area contributed by atoms with Gasteiger partial charge in [-0.05, 0) is 44.6 Å². The Hall–Kier alpha value is -2.66. The third kappa shape index (κ3) is 2.15. The summed E-state index contributed by atoms with van der Waals surface area (Å²) in [7, 11) is 0. The van der Waals surface area contributed by atoms with E-state index in [4.69, 9.17) is 14.2 Å². The molecular formula is C28H30O10. The Morgan fingerprint density at radius 3 is 2.53 bits per heavy atom. The van der Waals surface area contributed by atoms with Gasteiger partial charge in [0.15, 0.2) is 22.6 Å². The van der Waals surface area contributed by atoms with E-state index >= 15 is 0 Å². The van der Waals surface area contributed by atoms with Gasteiger partial charge >= 0.3 is 11.9 Å². The number of hydrogen-bond donors (Lipinski definition) is 3. The molecule has 1 spiro atoms. The molecule has 3 N–H and O–H groups in total. The summed E-state index contributed by atoms with van der Waals surface area (Å²) < 4.78 is 17.8. The molecule has 0 radical (unpaired) electrons. The van der Waals surface area contributed by atoms with Gasteiger partial charge < -0.3 is 29.5 Å². The van der Waals surface area contributed by atoms with Crippen LogP contribution in [0.2, 0.25) is 0 Å². The van der Waals surface area contributed by atoms with Gasteiger partial charge in [-0.15, -0.1) is 0 Å². The van der Waals surface area contributed by atoms with E-state index in [1.807, 2.05) is 0 Å². The van der Waals surface area contributed by atoms with Crippen LogP contribution in [0.3, 0.4) is 0 Å². The summed E-state index contributed by atoms with van der Waals surface area (Å²) in [5, 5.41) is 36.0. The van der Waals surface area contributed by atoms with Gasteiger partial charge in [-0.1, -0.05) is 31.7 Å². The van der Waals surface area contributed by atoms with Gasteiger partial charge in [-0.25, -0.2) is 9.59 Å². The first-order valence-corrected chi connectivity index (χ1v) is 13.1. The Bertz CT molecular complexity index is 1350. The first kappa shape index (κ1) is 24.4. The quantitative estimate of drug-likeness (QED) is 0.299. The highest BCUT2D eigenvalue weighted by molar-refractivity contribution is 6.01. The topological polar surface area (TPSA) is 157 Å². The van der Waals surface area contributed by atoms with E-state index in [9.17, 15) is 34.5 Å². The highest BCUT2D eigenvalue weighted by Gasteiger charge is 2.92. The lowest BCUT2D eigenvalue weighted by Gasteiger charge is -2.60. The lowest BCUT2D eigenvalue weighted by atomic mass is 9.47. The zero-order valence-corrected chi connectivity index (χ0v) is 21.4. The minimum atomic E-state index is -2.71. The van der Waals surface area contributed by atoms with Crippen molar-refractivity contribution in [1.29, 1.82) is 0 Å². The number of allylic oxidation sites excluding steroid dienone is 3. The predicted molar refractivity (Wildman–Crippen MR) is 126 cm³/mol. The molecule has 4 saturated heterocycles. The second kappa shape index (κ2) is 6.55. The Morgan fingerprint density at radius 2 is 1.82 bits per heavy atom. The normalized spacial score (nSPS) is 56.2. The second-order valence-electron chi connectivity index (χ2n) is 12.7. The van der Waals surface area contributed by atoms with Crippen LogP contribution in [0, 0.1) is 28.6 Å². The molecule has 0 aromatic heterocycles. The lowest BCUT2D eigenvalue weighted by molar-refractivity contribution is -0.344. The summed E-state index contributed by atoms with van der Waals surface area (Å²) in [5.74, 6) is -9.17. The van der Waals surface area contributed by atoms with E-state index in [1.165, 1.54) is 13.0 Å². The number of rotatable bonds is 0. The number of carbonyl (C=O) groups excluding carboxylic acids is 4. The molecule has 7 rings (SSSR count). The van der Waals surface area contributed by atoms with Crippen LogP contribution in [0.1, 0.15) is 46.5 Å². The van der Waals surface area contributed by atoms with E-state index in [2.05, 4.69) is 6.58 Å². The molecule has 5 fully saturated rings. The van der Waals surface area contributed by atoms with E-state index in [0.29, 0.717) is 5.57 Å². The number of ketones is 2. The molecular weight excluding hydrogens is 496 g/mol. The maximum Gasteiger partial charge on any atom is 0.342 e. The summed E-state index contributed by atoms with van der Waals surface area (Å²) in [6.45, 7) is 8.65. The second-order valence-corrected chi connectivity index (χ2v) is 12.7. The van der Waals surface area contributed by atoms with Crippen molar-refractivity contribution in [3.8, 4) is 0 Å². The SMILES string of the molecule is C=C1C(=O)OC2C[C@@]1(C)[C@@H]1C(=O)[C@]3(O)O[C@@]14[C@@]2(C)OC(=O)[C@@]4(O)CC[C@H]1C3[C@H](O)C=C2C=CCC(=O)[C@@]21C. The zero-order valence-electron chi connectivity index (χ0n) is 21.4. The molecule has 4 heterocycles. The molecule has 0 aromatic rings. The first-order valence-electron chi connectivity index (χ1n) is 13.1. The third-order valence-corrected chi connectivity index (χ3v) is 11.3. The van der Waals surface area contributed by atoms with E-state index < -0.39 is 81.1 Å². The molecule has 202 valence electrons. The number of esters is 2. The van der Waals surface area contributed by atoms with Crippen molar-refractivity contribution in [2.75, 3.05) is 0 Å². The summed E-state index contributed by atoms with van der Waals surface area (Å²) in [5.41, 5.74) is -8.43. The van der Waals surface area contributed by atoms with E-state index in [0.717, 1.165) is 0 Å². The van der Waals surface area contributed by atoms with Crippen LogP contribution < -0.4 is 0 Å². The average Bonchev–Trinajstić information content (AvgIpc) is 3.19. The molecule has 4 bridgehead atoms. The number of aliphatic hydroxyl groups is 3. The van der Waals surface area contributed by atoms with Crippen molar-refractivity contribution in [3.05, 3.63) is 36.0 Å². The molecule has 10 nitrogen and oxygen atoms in total. The van der Waals surface area contributed by atoms with Gasteiger partial charge in [-0.2, -0.15) is 0 Å². The highest BCUT2D eigenvalue weighted by Crippen LogP contribution is 2.73. The van der Waals surface area contributed by atoms with Crippen molar-refractivity contribution in [2.24, 2.45) is 28.6 Å². The summed E-state index contributed by atoms with van der Waals surface area (Å²) in [6, 6.07) is 0. The number of Topliss-reactive ketones (excluding diaryl/α,β-unsaturated/α-hetero) is 2. The molecule has 3 aliphatic carbocycles. The molecule has 4 aliphatic heterocycles. The standard InChI is InChI=1S/C28H30O10/c1-12-21(32)36-17-11-23(12,2)19-20(31)27(35)18-14(24(3)13(10-15(18)29)6-5-7-16(24)30)8-9-26(34)22(33)37-25(17,4)28(19,26)38-27/h5-6,10,14-15,17-19,29,34-35H,1,7-9,11H2,2-4H3/t14-,15+,17?,18?,19-,23+,24-,25-,26-,27+,28+/m0/s1. The van der Waals surface area contributed by atoms with Crippen LogP contribution >= 0.6 is 0 Å². The van der Waals surface area contributed by atoms with Gasteiger partial charge in [0.2, 0.25) is 5.79 Å². The Kier molecular flexibility index (Phi) is 4.20. The van der Waals surface area contributed by atoms with Crippen molar-refractivity contribution < 1.29 is 48.7 Å². The average molecular weight is 527 g/mol. The third-order valence-electron chi connectivity index (χ3n) is 11.3. The lowest BCUT2D eigenvalue weighted by Crippen LogP contribution is -2.77. The fraction of sp³-hybridized carbons (Fsp3) is 0.643. The highest BCUT2D eigenvalue weighted by atomic mass is 16.7. The molecule has 1 saturated carbocycles. The minimum Gasteiger partial charge on any atom is -0.455 e. The van der Waals surface area contributed by atoms with Gasteiger partial charge in [0.05, 0.1) is 23.4 Å². The van der Waals surface area contributed by atoms with E-state index in [1.54, 1.807) is 26.0 Å². The Morgan fingerprint density at radius 1 is 1.11 bits per heavy atom. The molecule has 0 amide bonds. The van der Waals surface area contributed by atoms with Crippen LogP contribution in [0.5, 0.6) is 0 Å². The number of hydrogen-bond acceptors (Lipinski definition) is 10. The minimum absolute atomic E-state index is 0.00631. The van der Waals surface area contributed by atoms with Crippen molar-refractivity contribution in [3.63, 3.8) is 0 Å². The Balaban J connectivity index is 1.53. The summed E-state index contributed by atoms with van der Waals surface area (Å²) in [4.78, 5) is 54.4. The molecule has 7 aliphatic rings. The van der Waals surface area contributed by atoms with Crippen molar-refractivity contribution in [2.45, 2.75) is 81.3 Å². The zero-order chi connectivity index (χ0) is 27.4. The number of aliphatic hydroxyl groups excluding tert-OH is 1. The summed E-state index contributed by atoms with van der Waals surface area (Å²) in [6.07, 6.45) is 2.35. The molecule has 0 aromatic carbocycles. The first-order chi connectivity index (χ1) is 17.6. The fourth-order valence-electron chi connectivity index (χ4n) is 9.23. The van der Waals surface area contributed by atoms with Crippen LogP contribution in [0.25, 0.3) is 0 Å². The van der Waals surface area contributed by atoms with Crippen LogP contribution in [0.15, 0.2) is 36.0 Å². The molecule has 10 heteroatoms. The van der Waals surface area contributed by atoms with Crippen LogP contribution in [-0.2, 0) is 33.4 Å². The molecule has 11 atom stereocenters. The largest absolute Gasteiger partial charge is 0.455 e. The maximum atomic E-state index is 14.6. The molecule has 38 heavy (non-hydrogen) atoms. The number of fused-ring (bicyclic) bond motifs is 9. The number of carbonyl (C=O) groups is 4. The Labute approximate surface area is 218 Å². The van der Waals surface area contributed by atoms with Crippen molar-refractivity contribution >= 4 is 23.5 Å². The van der Waals surface area contributed by atoms with Gasteiger partial charge in [0.25, 0.3) is 0 Å². The number of ether oxygens (including phenoxy) is 3.